The van der Waals surface area contributed by atoms with Crippen molar-refractivity contribution in [3.8, 4) is 28.6 Å². The lowest BCUT2D eigenvalue weighted by Gasteiger charge is -2.17. The van der Waals surface area contributed by atoms with Crippen molar-refractivity contribution in [2.45, 2.75) is 6.54 Å². The third-order valence-corrected chi connectivity index (χ3v) is 4.18. The molecule has 0 saturated heterocycles. The van der Waals surface area contributed by atoms with E-state index in [1.165, 1.54) is 4.90 Å². The maximum atomic E-state index is 12.5. The van der Waals surface area contributed by atoms with E-state index < -0.39 is 0 Å². The Labute approximate surface area is 168 Å². The lowest BCUT2D eigenvalue weighted by molar-refractivity contribution is 0.213. The molecule has 9 heteroatoms. The number of aromatic nitrogens is 2. The van der Waals surface area contributed by atoms with Crippen LogP contribution in [0.1, 0.15) is 5.89 Å². The average Bonchev–Trinajstić information content (AvgIpc) is 3.21. The number of amides is 2. The normalized spacial score (nSPS) is 10.3. The van der Waals surface area contributed by atoms with E-state index in [2.05, 4.69) is 15.5 Å². The number of carbonyl (C=O) groups excluding carboxylic acids is 1. The Morgan fingerprint density at radius 2 is 1.76 bits per heavy atom. The molecule has 0 radical (unpaired) electrons. The molecule has 0 bridgehead atoms. The second-order valence-corrected chi connectivity index (χ2v) is 6.07. The van der Waals surface area contributed by atoms with Crippen molar-refractivity contribution in [3.05, 3.63) is 48.4 Å². The molecular formula is C20H22N4O5. The molecule has 1 heterocycles. The number of urea groups is 1. The summed E-state index contributed by atoms with van der Waals surface area (Å²) in [4.78, 5) is 18.2. The molecule has 0 atom stereocenters. The number of nitrogens with one attached hydrogen (secondary N) is 1. The van der Waals surface area contributed by atoms with E-state index in [0.717, 1.165) is 0 Å². The van der Waals surface area contributed by atoms with E-state index in [1.54, 1.807) is 58.7 Å². The molecule has 1 aromatic heterocycles. The summed E-state index contributed by atoms with van der Waals surface area (Å²) in [7, 11) is 6.29. The molecule has 29 heavy (non-hydrogen) atoms. The monoisotopic (exact) mass is 398 g/mol. The van der Waals surface area contributed by atoms with Crippen LogP contribution < -0.4 is 19.5 Å². The molecular weight excluding hydrogens is 376 g/mol. The quantitative estimate of drug-likeness (QED) is 0.651. The number of nitrogens with zero attached hydrogens (tertiary/aromatic N) is 3. The van der Waals surface area contributed by atoms with Gasteiger partial charge >= 0.3 is 6.03 Å². The van der Waals surface area contributed by atoms with Gasteiger partial charge in [-0.3, -0.25) is 0 Å². The van der Waals surface area contributed by atoms with E-state index in [9.17, 15) is 4.79 Å². The molecule has 0 aliphatic heterocycles. The third kappa shape index (κ3) is 4.57. The van der Waals surface area contributed by atoms with Gasteiger partial charge in [0.15, 0.2) is 11.5 Å². The Hall–Kier alpha value is -3.75. The Balaban J connectivity index is 1.68. The average molecular weight is 398 g/mol. The van der Waals surface area contributed by atoms with Crippen molar-refractivity contribution in [2.24, 2.45) is 0 Å². The van der Waals surface area contributed by atoms with Gasteiger partial charge < -0.3 is 29.0 Å². The van der Waals surface area contributed by atoms with Gasteiger partial charge in [-0.15, -0.1) is 0 Å². The van der Waals surface area contributed by atoms with Crippen molar-refractivity contribution in [3.63, 3.8) is 0 Å². The molecule has 0 saturated carbocycles. The topological polar surface area (TPSA) is 99.0 Å². The Bertz CT molecular complexity index is 989. The Morgan fingerprint density at radius 3 is 2.48 bits per heavy atom. The van der Waals surface area contributed by atoms with Crippen LogP contribution in [0.5, 0.6) is 17.2 Å². The molecule has 2 aromatic carbocycles. The standard InChI is InChI=1S/C20H22N4O5/c1-24(20(25)21-14-7-5-6-8-15(14)26-2)12-18-22-19(23-29-18)13-9-10-16(27-3)17(11-13)28-4/h5-11H,12H2,1-4H3,(H,21,25). The van der Waals surface area contributed by atoms with Crippen molar-refractivity contribution in [1.82, 2.24) is 15.0 Å². The first kappa shape index (κ1) is 20.0. The van der Waals surface area contributed by atoms with Crippen LogP contribution in [-0.2, 0) is 6.54 Å². The predicted molar refractivity (Wildman–Crippen MR) is 106 cm³/mol. The Morgan fingerprint density at radius 1 is 1.03 bits per heavy atom. The van der Waals surface area contributed by atoms with E-state index in [-0.39, 0.29) is 12.6 Å². The van der Waals surface area contributed by atoms with E-state index in [4.69, 9.17) is 18.7 Å². The van der Waals surface area contributed by atoms with Gasteiger partial charge in [0.25, 0.3) is 0 Å². The summed E-state index contributed by atoms with van der Waals surface area (Å²) in [6.45, 7) is 0.140. The summed E-state index contributed by atoms with van der Waals surface area (Å²) in [5.74, 6) is 2.42. The van der Waals surface area contributed by atoms with Gasteiger partial charge in [-0.25, -0.2) is 4.79 Å². The summed E-state index contributed by atoms with van der Waals surface area (Å²) in [5.41, 5.74) is 1.28. The molecule has 2 amide bonds. The first-order chi connectivity index (χ1) is 14.0. The highest BCUT2D eigenvalue weighted by Crippen LogP contribution is 2.31. The number of methoxy groups -OCH3 is 3. The van der Waals surface area contributed by atoms with Crippen molar-refractivity contribution in [1.29, 1.82) is 0 Å². The molecule has 0 fully saturated rings. The maximum absolute atomic E-state index is 12.5. The van der Waals surface area contributed by atoms with Gasteiger partial charge in [0.2, 0.25) is 11.7 Å². The number of anilines is 1. The van der Waals surface area contributed by atoms with Gasteiger partial charge in [-0.05, 0) is 30.3 Å². The fourth-order valence-electron chi connectivity index (χ4n) is 2.64. The summed E-state index contributed by atoms with van der Waals surface area (Å²) in [6.07, 6.45) is 0. The van der Waals surface area contributed by atoms with Gasteiger partial charge in [0.1, 0.15) is 12.3 Å². The summed E-state index contributed by atoms with van der Waals surface area (Å²) in [5, 5.41) is 6.77. The van der Waals surface area contributed by atoms with E-state index in [0.29, 0.717) is 40.2 Å². The number of para-hydroxylation sites is 2. The number of carbonyl (C=O) groups is 1. The summed E-state index contributed by atoms with van der Waals surface area (Å²) in [6, 6.07) is 12.1. The third-order valence-electron chi connectivity index (χ3n) is 4.18. The molecule has 3 rings (SSSR count). The van der Waals surface area contributed by atoms with Crippen LogP contribution in [0, 0.1) is 0 Å². The van der Waals surface area contributed by atoms with Gasteiger partial charge in [-0.1, -0.05) is 17.3 Å². The van der Waals surface area contributed by atoms with Gasteiger partial charge in [0.05, 0.1) is 27.0 Å². The SMILES string of the molecule is COc1ccccc1NC(=O)N(C)Cc1nc(-c2ccc(OC)c(OC)c2)no1. The van der Waals surface area contributed by atoms with Crippen LogP contribution in [0.15, 0.2) is 47.0 Å². The largest absolute Gasteiger partial charge is 0.495 e. The number of hydrogen-bond acceptors (Lipinski definition) is 7. The van der Waals surface area contributed by atoms with E-state index >= 15 is 0 Å². The zero-order chi connectivity index (χ0) is 20.8. The van der Waals surface area contributed by atoms with Crippen LogP contribution in [0.2, 0.25) is 0 Å². The zero-order valence-electron chi connectivity index (χ0n) is 16.6. The molecule has 0 aliphatic rings. The van der Waals surface area contributed by atoms with Crippen molar-refractivity contribution >= 4 is 11.7 Å². The lowest BCUT2D eigenvalue weighted by Crippen LogP contribution is -2.31. The number of rotatable bonds is 7. The molecule has 152 valence electrons. The van der Waals surface area contributed by atoms with Crippen LogP contribution in [0.25, 0.3) is 11.4 Å². The molecule has 0 spiro atoms. The zero-order valence-corrected chi connectivity index (χ0v) is 16.6. The minimum Gasteiger partial charge on any atom is -0.495 e. The van der Waals surface area contributed by atoms with E-state index in [1.807, 2.05) is 12.1 Å². The first-order valence-electron chi connectivity index (χ1n) is 8.75. The lowest BCUT2D eigenvalue weighted by atomic mass is 10.2. The van der Waals surface area contributed by atoms with Gasteiger partial charge in [0, 0.05) is 12.6 Å². The molecule has 0 unspecified atom stereocenters. The second-order valence-electron chi connectivity index (χ2n) is 6.07. The van der Waals surface area contributed by atoms with Crippen LogP contribution >= 0.6 is 0 Å². The fraction of sp³-hybridized carbons (Fsp3) is 0.250. The smallest absolute Gasteiger partial charge is 0.322 e. The van der Waals surface area contributed by atoms with Crippen LogP contribution in [-0.4, -0.2) is 49.4 Å². The van der Waals surface area contributed by atoms with Crippen molar-refractivity contribution in [2.75, 3.05) is 33.7 Å². The minimum absolute atomic E-state index is 0.140. The minimum atomic E-state index is -0.333. The van der Waals surface area contributed by atoms with Crippen molar-refractivity contribution < 1.29 is 23.5 Å². The number of ether oxygens (including phenoxy) is 3. The Kier molecular flexibility index (Phi) is 6.18. The predicted octanol–water partition coefficient (Wildman–Crippen LogP) is 3.43. The summed E-state index contributed by atoms with van der Waals surface area (Å²) >= 11 is 0. The molecule has 0 aliphatic carbocycles. The number of hydrogen-bond donors (Lipinski definition) is 1. The first-order valence-corrected chi connectivity index (χ1v) is 8.75. The molecule has 1 N–H and O–H groups in total. The fourth-order valence-corrected chi connectivity index (χ4v) is 2.64. The highest BCUT2D eigenvalue weighted by Gasteiger charge is 2.17. The highest BCUT2D eigenvalue weighted by molar-refractivity contribution is 5.90. The maximum Gasteiger partial charge on any atom is 0.322 e. The van der Waals surface area contributed by atoms with Crippen LogP contribution in [0.4, 0.5) is 10.5 Å². The second kappa shape index (κ2) is 8.96. The molecule has 3 aromatic rings. The molecule has 9 nitrogen and oxygen atoms in total. The van der Waals surface area contributed by atoms with Crippen LogP contribution in [0.3, 0.4) is 0 Å². The van der Waals surface area contributed by atoms with Gasteiger partial charge in [-0.2, -0.15) is 4.98 Å². The highest BCUT2D eigenvalue weighted by atomic mass is 16.5. The number of benzene rings is 2. The summed E-state index contributed by atoms with van der Waals surface area (Å²) < 4.78 is 21.0.